The van der Waals surface area contributed by atoms with Crippen molar-refractivity contribution < 1.29 is 38.9 Å². The summed E-state index contributed by atoms with van der Waals surface area (Å²) in [6.45, 7) is 6.42. The molecule has 1 aromatic heterocycles. The van der Waals surface area contributed by atoms with Gasteiger partial charge in [0.2, 0.25) is 17.7 Å². The van der Waals surface area contributed by atoms with Crippen LogP contribution in [0.25, 0.3) is 10.8 Å². The summed E-state index contributed by atoms with van der Waals surface area (Å²) in [5.41, 5.74) is -1.03. The maximum Gasteiger partial charge on any atom is 0.338 e. The third-order valence-corrected chi connectivity index (χ3v) is 8.19. The molecule has 0 spiro atoms. The summed E-state index contributed by atoms with van der Waals surface area (Å²) in [5, 5.41) is 31.1. The highest BCUT2D eigenvalue weighted by molar-refractivity contribution is 5.93. The topological polar surface area (TPSA) is 200 Å². The van der Waals surface area contributed by atoms with Crippen LogP contribution in [0.4, 0.5) is 0 Å². The third-order valence-electron chi connectivity index (χ3n) is 8.19. The summed E-state index contributed by atoms with van der Waals surface area (Å²) < 4.78 is 4.59. The van der Waals surface area contributed by atoms with Crippen molar-refractivity contribution in [2.45, 2.75) is 71.1 Å². The number of ether oxygens (including phenoxy) is 1. The largest absolute Gasteiger partial charge is 0.479 e. The molecule has 0 bridgehead atoms. The predicted molar refractivity (Wildman–Crippen MR) is 174 cm³/mol. The van der Waals surface area contributed by atoms with Crippen molar-refractivity contribution in [3.63, 3.8) is 0 Å². The summed E-state index contributed by atoms with van der Waals surface area (Å²) in [4.78, 5) is 71.7. The molecule has 0 aliphatic rings. The second-order valence-electron chi connectivity index (χ2n) is 12.4. The number of carboxylic acids is 1. The fourth-order valence-corrected chi connectivity index (χ4v) is 5.53. The van der Waals surface area contributed by atoms with Gasteiger partial charge in [-0.3, -0.25) is 19.2 Å². The van der Waals surface area contributed by atoms with Gasteiger partial charge < -0.3 is 35.9 Å². The van der Waals surface area contributed by atoms with E-state index in [2.05, 4.69) is 30.7 Å². The van der Waals surface area contributed by atoms with E-state index in [4.69, 9.17) is 0 Å². The van der Waals surface area contributed by atoms with E-state index in [0.717, 1.165) is 16.3 Å². The number of amides is 3. The number of aliphatic hydroxyl groups is 1. The van der Waals surface area contributed by atoms with E-state index in [1.807, 2.05) is 56.3 Å². The summed E-state index contributed by atoms with van der Waals surface area (Å²) in [6.07, 6.45) is 2.92. The fraction of sp³-hybridized carbons (Fsp3) is 0.471. The highest BCUT2D eigenvalue weighted by atomic mass is 16.5. The molecular weight excluding hydrogens is 606 g/mol. The molecule has 13 nitrogen and oxygen atoms in total. The zero-order valence-electron chi connectivity index (χ0n) is 27.4. The van der Waals surface area contributed by atoms with Crippen molar-refractivity contribution in [2.24, 2.45) is 17.8 Å². The Morgan fingerprint density at radius 3 is 2.28 bits per heavy atom. The second kappa shape index (κ2) is 16.7. The molecule has 1 heterocycles. The van der Waals surface area contributed by atoms with Crippen LogP contribution in [0.15, 0.2) is 55.0 Å². The maximum atomic E-state index is 14.0. The summed E-state index contributed by atoms with van der Waals surface area (Å²) in [6, 6.07) is 10.8. The normalized spacial score (nSPS) is 14.6. The minimum Gasteiger partial charge on any atom is -0.479 e. The Labute approximate surface area is 273 Å². The van der Waals surface area contributed by atoms with Crippen LogP contribution in [-0.4, -0.2) is 81.2 Å². The number of aromatic nitrogens is 2. The molecule has 47 heavy (non-hydrogen) atoms. The quantitative estimate of drug-likeness (QED) is 0.118. The Balaban J connectivity index is 1.95. The number of aliphatic carboxylic acids is 1. The first-order valence-electron chi connectivity index (χ1n) is 15.6. The van der Waals surface area contributed by atoms with Crippen molar-refractivity contribution in [1.82, 2.24) is 25.9 Å². The Morgan fingerprint density at radius 2 is 1.66 bits per heavy atom. The van der Waals surface area contributed by atoms with Gasteiger partial charge in [0.25, 0.3) is 0 Å². The molecule has 3 amide bonds. The molecule has 0 radical (unpaired) electrons. The number of nitrogens with one attached hydrogen (secondary N) is 4. The third kappa shape index (κ3) is 9.85. The first-order valence-corrected chi connectivity index (χ1v) is 15.6. The van der Waals surface area contributed by atoms with Gasteiger partial charge >= 0.3 is 11.9 Å². The van der Waals surface area contributed by atoms with Gasteiger partial charge in [-0.2, -0.15) is 0 Å². The molecule has 0 saturated carbocycles. The van der Waals surface area contributed by atoms with E-state index >= 15 is 0 Å². The molecule has 0 aliphatic heterocycles. The zero-order chi connectivity index (χ0) is 34.7. The molecule has 2 unspecified atom stereocenters. The monoisotopic (exact) mass is 651 g/mol. The molecule has 2 aromatic carbocycles. The fourth-order valence-electron chi connectivity index (χ4n) is 5.53. The first-order chi connectivity index (χ1) is 22.3. The van der Waals surface area contributed by atoms with Crippen LogP contribution in [0.5, 0.6) is 0 Å². The Bertz CT molecular complexity index is 1540. The predicted octanol–water partition coefficient (Wildman–Crippen LogP) is 2.13. The van der Waals surface area contributed by atoms with Crippen molar-refractivity contribution in [3.05, 3.63) is 66.2 Å². The number of hydrogen-bond acceptors (Lipinski definition) is 8. The van der Waals surface area contributed by atoms with Crippen LogP contribution in [0.1, 0.15) is 51.8 Å². The number of rotatable bonds is 17. The average molecular weight is 652 g/mol. The van der Waals surface area contributed by atoms with Crippen LogP contribution in [0.3, 0.4) is 0 Å². The lowest BCUT2D eigenvalue weighted by molar-refractivity contribution is -0.169. The number of benzene rings is 2. The smallest absolute Gasteiger partial charge is 0.338 e. The lowest BCUT2D eigenvalue weighted by Crippen LogP contribution is -2.63. The molecule has 0 aliphatic carbocycles. The van der Waals surface area contributed by atoms with E-state index in [1.165, 1.54) is 13.4 Å². The lowest BCUT2D eigenvalue weighted by atomic mass is 9.79. The SMILES string of the molecule is COC(=O)CNC(=O)CC(Cc1cccc2ccccc12)C(=O)N[C@@H](Cc1c[nH]cn1)C(=O)N[C@@H](CC(C)C)C(O)(C(=O)O)C(C)C. The maximum absolute atomic E-state index is 14.0. The van der Waals surface area contributed by atoms with Crippen molar-refractivity contribution in [3.8, 4) is 0 Å². The van der Waals surface area contributed by atoms with E-state index in [0.29, 0.717) is 5.69 Å². The van der Waals surface area contributed by atoms with Gasteiger partial charge in [0.1, 0.15) is 12.6 Å². The molecular formula is C34H45N5O8. The Hall–Kier alpha value is -4.78. The van der Waals surface area contributed by atoms with Crippen LogP contribution >= 0.6 is 0 Å². The first kappa shape index (κ1) is 36.7. The van der Waals surface area contributed by atoms with E-state index < -0.39 is 59.2 Å². The number of nitrogens with zero attached hydrogens (tertiary/aromatic N) is 1. The van der Waals surface area contributed by atoms with E-state index in [9.17, 15) is 34.2 Å². The molecule has 3 aromatic rings. The summed E-state index contributed by atoms with van der Waals surface area (Å²) in [7, 11) is 1.19. The van der Waals surface area contributed by atoms with Crippen LogP contribution in [0.2, 0.25) is 0 Å². The van der Waals surface area contributed by atoms with Crippen LogP contribution in [-0.2, 0) is 41.6 Å². The van der Waals surface area contributed by atoms with Crippen LogP contribution in [0, 0.1) is 17.8 Å². The number of esters is 1. The van der Waals surface area contributed by atoms with Crippen LogP contribution < -0.4 is 16.0 Å². The Morgan fingerprint density at radius 1 is 0.957 bits per heavy atom. The van der Waals surface area contributed by atoms with Gasteiger partial charge in [0, 0.05) is 19.0 Å². The van der Waals surface area contributed by atoms with Gasteiger partial charge in [0.05, 0.1) is 31.1 Å². The average Bonchev–Trinajstić information content (AvgIpc) is 3.55. The minimum absolute atomic E-state index is 0.0574. The zero-order valence-corrected chi connectivity index (χ0v) is 27.4. The summed E-state index contributed by atoms with van der Waals surface area (Å²) >= 11 is 0. The highest BCUT2D eigenvalue weighted by Crippen LogP contribution is 2.27. The molecule has 0 fully saturated rings. The number of carboxylic acid groups (broad SMARTS) is 1. The minimum atomic E-state index is -2.28. The molecule has 254 valence electrons. The van der Waals surface area contributed by atoms with Gasteiger partial charge in [-0.05, 0) is 41.0 Å². The Kier molecular flexibility index (Phi) is 13.0. The number of imidazole rings is 1. The van der Waals surface area contributed by atoms with Gasteiger partial charge in [-0.1, -0.05) is 70.2 Å². The van der Waals surface area contributed by atoms with Crippen molar-refractivity contribution >= 4 is 40.4 Å². The number of carbonyl (C=O) groups excluding carboxylic acids is 4. The number of carbonyl (C=O) groups is 5. The number of fused-ring (bicyclic) bond motifs is 1. The number of H-pyrrole nitrogens is 1. The van der Waals surface area contributed by atoms with Gasteiger partial charge in [0.15, 0.2) is 5.60 Å². The molecule has 6 N–H and O–H groups in total. The lowest BCUT2D eigenvalue weighted by Gasteiger charge is -2.38. The highest BCUT2D eigenvalue weighted by Gasteiger charge is 2.48. The van der Waals surface area contributed by atoms with Crippen molar-refractivity contribution in [2.75, 3.05) is 13.7 Å². The standard InChI is InChI=1S/C34H45N5O8/c1-20(2)13-28(34(46,21(3)4)33(44)45)39-32(43)27(16-25-17-35-19-37-25)38-31(42)24(15-29(40)36-18-30(41)47-5)14-23-11-8-10-22-9-6-7-12-26(22)23/h6-12,17,19-21,24,27-28,46H,13-16,18H2,1-5H3,(H,35,37)(H,36,40)(H,38,42)(H,39,43)(H,44,45)/t24?,27-,28-,34?/m0/s1. The molecule has 3 rings (SSSR count). The van der Waals surface area contributed by atoms with E-state index in [-0.39, 0.29) is 38.1 Å². The van der Waals surface area contributed by atoms with Gasteiger partial charge in [-0.25, -0.2) is 9.78 Å². The molecule has 0 saturated heterocycles. The van der Waals surface area contributed by atoms with Gasteiger partial charge in [-0.15, -0.1) is 0 Å². The number of aromatic amines is 1. The second-order valence-corrected chi connectivity index (χ2v) is 12.4. The number of hydrogen-bond donors (Lipinski definition) is 6. The van der Waals surface area contributed by atoms with E-state index in [1.54, 1.807) is 20.0 Å². The number of methoxy groups -OCH3 is 1. The molecule has 4 atom stereocenters. The van der Waals surface area contributed by atoms with Crippen molar-refractivity contribution in [1.29, 1.82) is 0 Å². The molecule has 13 heteroatoms. The summed E-state index contributed by atoms with van der Waals surface area (Å²) in [5.74, 6) is -5.82.